The van der Waals surface area contributed by atoms with E-state index in [1.165, 1.54) is 5.56 Å². The Labute approximate surface area is 200 Å². The molecule has 1 aromatic heterocycles. The molecule has 0 aliphatic carbocycles. The van der Waals surface area contributed by atoms with Crippen LogP contribution in [0.2, 0.25) is 0 Å². The van der Waals surface area contributed by atoms with Gasteiger partial charge in [-0.05, 0) is 64.6 Å². The van der Waals surface area contributed by atoms with Crippen LogP contribution in [0.25, 0.3) is 22.3 Å². The molecule has 34 heavy (non-hydrogen) atoms. The zero-order chi connectivity index (χ0) is 24.6. The van der Waals surface area contributed by atoms with E-state index in [0.29, 0.717) is 29.7 Å². The number of alkyl halides is 2. The molecule has 2 heterocycles. The molecule has 0 bridgehead atoms. The summed E-state index contributed by atoms with van der Waals surface area (Å²) in [7, 11) is 1.78. The fraction of sp³-hybridized carbons (Fsp3) is 0.429. The molecule has 1 aliphatic heterocycles. The largest absolute Gasteiger partial charge is 0.338 e. The van der Waals surface area contributed by atoms with Crippen molar-refractivity contribution in [1.82, 2.24) is 14.7 Å². The number of benzene rings is 2. The highest BCUT2D eigenvalue weighted by Crippen LogP contribution is 2.41. The monoisotopic (exact) mass is 465 g/mol. The smallest absolute Gasteiger partial charge is 0.265 e. The Hall–Kier alpha value is -3.02. The molecule has 0 radical (unpaired) electrons. The lowest BCUT2D eigenvalue weighted by Gasteiger charge is -2.26. The maximum absolute atomic E-state index is 14.5. The summed E-state index contributed by atoms with van der Waals surface area (Å²) in [6.45, 7) is 9.31. The summed E-state index contributed by atoms with van der Waals surface area (Å²) in [6, 6.07) is 9.67. The van der Waals surface area contributed by atoms with Gasteiger partial charge in [-0.2, -0.15) is 5.10 Å². The number of fused-ring (bicyclic) bond motifs is 1. The first kappa shape index (κ1) is 24.1. The topological polar surface area (TPSA) is 38.1 Å². The number of halogens is 2. The molecule has 6 heteroatoms. The van der Waals surface area contributed by atoms with Gasteiger partial charge >= 0.3 is 0 Å². The summed E-state index contributed by atoms with van der Waals surface area (Å²) < 4.78 is 30.6. The van der Waals surface area contributed by atoms with E-state index in [1.54, 1.807) is 30.2 Å². The Morgan fingerprint density at radius 3 is 2.53 bits per heavy atom. The molecule has 3 aromatic rings. The minimum Gasteiger partial charge on any atom is -0.338 e. The minimum atomic E-state index is -2.63. The molecule has 0 saturated heterocycles. The van der Waals surface area contributed by atoms with Crippen LogP contribution in [0.1, 0.15) is 62.3 Å². The fourth-order valence-electron chi connectivity index (χ4n) is 4.85. The van der Waals surface area contributed by atoms with Crippen molar-refractivity contribution in [1.29, 1.82) is 0 Å². The molecule has 1 amide bonds. The number of hydrogen-bond donors (Lipinski definition) is 0. The van der Waals surface area contributed by atoms with Crippen LogP contribution in [-0.4, -0.2) is 27.1 Å². The van der Waals surface area contributed by atoms with Crippen LogP contribution in [0.15, 0.2) is 42.7 Å². The summed E-state index contributed by atoms with van der Waals surface area (Å²) in [5.74, 6) is 0.147. The van der Waals surface area contributed by atoms with Crippen LogP contribution in [0.3, 0.4) is 0 Å². The van der Waals surface area contributed by atoms with Gasteiger partial charge in [-0.25, -0.2) is 8.78 Å². The standard InChI is InChI=1S/C28H33F2N3O/c1-18-8-11-23(22-15-31-32(5)16-22)26(27(29)30)25(18)20-10-9-19-7-6-12-33(17-21(19)13-20)24(34)14-28(2,3)4/h8-11,13,15-16,27H,6-7,12,14,17H2,1-5H3. The summed E-state index contributed by atoms with van der Waals surface area (Å²) in [5, 5.41) is 4.17. The predicted octanol–water partition coefficient (Wildman–Crippen LogP) is 6.71. The quantitative estimate of drug-likeness (QED) is 0.429. The van der Waals surface area contributed by atoms with Crippen LogP contribution in [-0.2, 0) is 24.8 Å². The van der Waals surface area contributed by atoms with Gasteiger partial charge in [-0.15, -0.1) is 0 Å². The Kier molecular flexibility index (Phi) is 6.61. The van der Waals surface area contributed by atoms with Gasteiger partial charge in [0.25, 0.3) is 6.43 Å². The summed E-state index contributed by atoms with van der Waals surface area (Å²) in [4.78, 5) is 14.9. The van der Waals surface area contributed by atoms with Crippen LogP contribution in [0.5, 0.6) is 0 Å². The first-order valence-corrected chi connectivity index (χ1v) is 11.8. The zero-order valence-corrected chi connectivity index (χ0v) is 20.7. The van der Waals surface area contributed by atoms with E-state index in [9.17, 15) is 13.6 Å². The van der Waals surface area contributed by atoms with Gasteiger partial charge < -0.3 is 4.90 Å². The lowest BCUT2D eigenvalue weighted by Crippen LogP contribution is -2.33. The van der Waals surface area contributed by atoms with E-state index in [-0.39, 0.29) is 16.9 Å². The molecule has 180 valence electrons. The highest BCUT2D eigenvalue weighted by molar-refractivity contribution is 5.81. The first-order chi connectivity index (χ1) is 16.0. The Morgan fingerprint density at radius 1 is 1.12 bits per heavy atom. The number of carbonyl (C=O) groups is 1. The summed E-state index contributed by atoms with van der Waals surface area (Å²) >= 11 is 0. The van der Waals surface area contributed by atoms with Crippen LogP contribution >= 0.6 is 0 Å². The van der Waals surface area contributed by atoms with E-state index >= 15 is 0 Å². The van der Waals surface area contributed by atoms with Crippen molar-refractivity contribution in [3.05, 3.63) is 65.0 Å². The Balaban J connectivity index is 1.78. The summed E-state index contributed by atoms with van der Waals surface area (Å²) in [6.07, 6.45) is 3.02. The maximum Gasteiger partial charge on any atom is 0.265 e. The number of nitrogens with zero attached hydrogens (tertiary/aromatic N) is 3. The van der Waals surface area contributed by atoms with Crippen LogP contribution in [0, 0.1) is 12.3 Å². The van der Waals surface area contributed by atoms with Gasteiger partial charge in [0.1, 0.15) is 0 Å². The number of aryl methyl sites for hydroxylation is 3. The normalized spacial score (nSPS) is 14.3. The van der Waals surface area contributed by atoms with Gasteiger partial charge in [-0.1, -0.05) is 45.0 Å². The molecule has 1 aliphatic rings. The molecule has 0 atom stereocenters. The number of aromatic nitrogens is 2. The SMILES string of the molecule is Cc1ccc(-c2cnn(C)c2)c(C(F)F)c1-c1ccc2c(c1)CN(C(=O)CC(C)(C)C)CCC2. The van der Waals surface area contributed by atoms with Gasteiger partial charge in [-0.3, -0.25) is 9.48 Å². The Bertz CT molecular complexity index is 1210. The lowest BCUT2D eigenvalue weighted by atomic mass is 9.88. The van der Waals surface area contributed by atoms with E-state index in [0.717, 1.165) is 36.1 Å². The third kappa shape index (κ3) is 5.06. The highest BCUT2D eigenvalue weighted by atomic mass is 19.3. The molecule has 0 unspecified atom stereocenters. The van der Waals surface area contributed by atoms with E-state index < -0.39 is 6.43 Å². The van der Waals surface area contributed by atoms with Gasteiger partial charge in [0.15, 0.2) is 0 Å². The van der Waals surface area contributed by atoms with Crippen molar-refractivity contribution in [2.75, 3.05) is 6.54 Å². The van der Waals surface area contributed by atoms with Crippen molar-refractivity contribution >= 4 is 5.91 Å². The number of amides is 1. The van der Waals surface area contributed by atoms with Crippen LogP contribution in [0.4, 0.5) is 8.78 Å². The highest BCUT2D eigenvalue weighted by Gasteiger charge is 2.26. The molecule has 4 rings (SSSR count). The lowest BCUT2D eigenvalue weighted by molar-refractivity contribution is -0.133. The number of rotatable bonds is 4. The van der Waals surface area contributed by atoms with E-state index in [1.807, 2.05) is 36.1 Å². The average molecular weight is 466 g/mol. The molecular weight excluding hydrogens is 432 g/mol. The maximum atomic E-state index is 14.5. The third-order valence-corrected chi connectivity index (χ3v) is 6.45. The summed E-state index contributed by atoms with van der Waals surface area (Å²) in [5.41, 5.74) is 5.49. The van der Waals surface area contributed by atoms with Crippen molar-refractivity contribution < 1.29 is 13.6 Å². The van der Waals surface area contributed by atoms with E-state index in [2.05, 4.69) is 25.9 Å². The van der Waals surface area contributed by atoms with Crippen molar-refractivity contribution in [2.45, 2.75) is 59.9 Å². The predicted molar refractivity (Wildman–Crippen MR) is 132 cm³/mol. The molecule has 2 aromatic carbocycles. The third-order valence-electron chi connectivity index (χ3n) is 6.45. The zero-order valence-electron chi connectivity index (χ0n) is 20.7. The molecular formula is C28H33F2N3O. The second-order valence-corrected chi connectivity index (χ2v) is 10.6. The molecule has 0 N–H and O–H groups in total. The minimum absolute atomic E-state index is 0.0298. The first-order valence-electron chi connectivity index (χ1n) is 11.8. The second-order valence-electron chi connectivity index (χ2n) is 10.6. The molecule has 0 saturated carbocycles. The van der Waals surface area contributed by atoms with Gasteiger partial charge in [0.05, 0.1) is 6.20 Å². The van der Waals surface area contributed by atoms with Crippen molar-refractivity contribution in [2.24, 2.45) is 12.5 Å². The number of hydrogen-bond acceptors (Lipinski definition) is 2. The van der Waals surface area contributed by atoms with Crippen molar-refractivity contribution in [3.63, 3.8) is 0 Å². The second kappa shape index (κ2) is 9.32. The molecule has 0 spiro atoms. The Morgan fingerprint density at radius 2 is 1.88 bits per heavy atom. The van der Waals surface area contributed by atoms with Crippen LogP contribution < -0.4 is 0 Å². The molecule has 0 fully saturated rings. The number of carbonyl (C=O) groups excluding carboxylic acids is 1. The van der Waals surface area contributed by atoms with Crippen molar-refractivity contribution in [3.8, 4) is 22.3 Å². The van der Waals surface area contributed by atoms with Gasteiger partial charge in [0.2, 0.25) is 5.91 Å². The van der Waals surface area contributed by atoms with E-state index in [4.69, 9.17) is 0 Å². The fourth-order valence-corrected chi connectivity index (χ4v) is 4.85. The van der Waals surface area contributed by atoms with Gasteiger partial charge in [0, 0.05) is 43.9 Å². The molecule has 4 nitrogen and oxygen atoms in total. The average Bonchev–Trinajstić information content (AvgIpc) is 3.06.